The quantitative estimate of drug-likeness (QED) is 0.620. The molecule has 2 aliphatic rings. The number of benzene rings is 3. The minimum absolute atomic E-state index is 0.197. The van der Waals surface area contributed by atoms with Gasteiger partial charge in [-0.15, -0.1) is 0 Å². The maximum Gasteiger partial charge on any atom is 0.278 e. The number of carbonyl (C=O) groups excluding carboxylic acids is 2. The van der Waals surface area contributed by atoms with Gasteiger partial charge in [0.05, 0.1) is 12.1 Å². The van der Waals surface area contributed by atoms with Gasteiger partial charge < -0.3 is 4.90 Å². The molecule has 0 unspecified atom stereocenters. The fourth-order valence-corrected chi connectivity index (χ4v) is 4.17. The highest BCUT2D eigenvalue weighted by atomic mass is 19.1. The van der Waals surface area contributed by atoms with Crippen molar-refractivity contribution in [3.63, 3.8) is 0 Å². The molecule has 4 nitrogen and oxygen atoms in total. The Labute approximate surface area is 173 Å². The monoisotopic (exact) mass is 398 g/mol. The molecule has 0 N–H and O–H groups in total. The SMILES string of the molecule is O=C1C(c2ccc(F)cc2)=C(N2CCc3ccccc32)C(=O)N1Cc1ccccc1. The first-order valence-corrected chi connectivity index (χ1v) is 9.89. The van der Waals surface area contributed by atoms with E-state index in [-0.39, 0.29) is 24.2 Å². The summed E-state index contributed by atoms with van der Waals surface area (Å²) in [6.45, 7) is 0.819. The molecule has 5 heteroatoms. The van der Waals surface area contributed by atoms with E-state index in [0.717, 1.165) is 23.2 Å². The van der Waals surface area contributed by atoms with Gasteiger partial charge in [-0.2, -0.15) is 0 Å². The van der Waals surface area contributed by atoms with Crippen molar-refractivity contribution in [2.45, 2.75) is 13.0 Å². The fraction of sp³-hybridized carbons (Fsp3) is 0.120. The number of fused-ring (bicyclic) bond motifs is 1. The van der Waals surface area contributed by atoms with Crippen LogP contribution in [0.3, 0.4) is 0 Å². The van der Waals surface area contributed by atoms with Crippen LogP contribution in [0.2, 0.25) is 0 Å². The van der Waals surface area contributed by atoms with Crippen molar-refractivity contribution in [3.8, 4) is 0 Å². The number of hydrogen-bond donors (Lipinski definition) is 0. The number of imide groups is 1. The van der Waals surface area contributed by atoms with Gasteiger partial charge in [-0.1, -0.05) is 60.7 Å². The molecule has 5 rings (SSSR count). The van der Waals surface area contributed by atoms with Crippen LogP contribution in [-0.4, -0.2) is 23.3 Å². The predicted octanol–water partition coefficient (Wildman–Crippen LogP) is 4.17. The van der Waals surface area contributed by atoms with Gasteiger partial charge in [-0.05, 0) is 41.3 Å². The van der Waals surface area contributed by atoms with Crippen molar-refractivity contribution < 1.29 is 14.0 Å². The van der Waals surface area contributed by atoms with Gasteiger partial charge in [0.1, 0.15) is 11.5 Å². The van der Waals surface area contributed by atoms with Crippen LogP contribution < -0.4 is 4.90 Å². The molecule has 3 aromatic carbocycles. The van der Waals surface area contributed by atoms with Gasteiger partial charge in [-0.25, -0.2) is 4.39 Å². The molecule has 2 heterocycles. The maximum absolute atomic E-state index is 13.5. The highest BCUT2D eigenvalue weighted by Crippen LogP contribution is 2.38. The van der Waals surface area contributed by atoms with E-state index in [1.807, 2.05) is 59.5 Å². The van der Waals surface area contributed by atoms with Crippen molar-refractivity contribution in [2.75, 3.05) is 11.4 Å². The summed E-state index contributed by atoms with van der Waals surface area (Å²) in [6.07, 6.45) is 0.802. The minimum Gasteiger partial charge on any atom is -0.336 e. The average molecular weight is 398 g/mol. The van der Waals surface area contributed by atoms with Gasteiger partial charge in [0.25, 0.3) is 11.8 Å². The van der Waals surface area contributed by atoms with Crippen molar-refractivity contribution in [2.24, 2.45) is 0 Å². The molecule has 2 aliphatic heterocycles. The van der Waals surface area contributed by atoms with E-state index in [2.05, 4.69) is 0 Å². The number of carbonyl (C=O) groups is 2. The lowest BCUT2D eigenvalue weighted by Gasteiger charge is -2.22. The molecule has 0 saturated heterocycles. The number of nitrogens with zero attached hydrogens (tertiary/aromatic N) is 2. The van der Waals surface area contributed by atoms with Gasteiger partial charge in [-0.3, -0.25) is 14.5 Å². The molecular formula is C25H19FN2O2. The Hall–Kier alpha value is -3.73. The Bertz CT molecular complexity index is 1170. The van der Waals surface area contributed by atoms with Crippen LogP contribution in [0.5, 0.6) is 0 Å². The number of halogens is 1. The summed E-state index contributed by atoms with van der Waals surface area (Å²) in [7, 11) is 0. The van der Waals surface area contributed by atoms with Crippen molar-refractivity contribution in [3.05, 3.63) is 107 Å². The van der Waals surface area contributed by atoms with Crippen LogP contribution in [0.25, 0.3) is 5.57 Å². The molecule has 0 bridgehead atoms. The molecule has 3 aromatic rings. The Morgan fingerprint density at radius 2 is 1.50 bits per heavy atom. The van der Waals surface area contributed by atoms with Crippen LogP contribution in [0.15, 0.2) is 84.6 Å². The third kappa shape index (κ3) is 2.99. The lowest BCUT2D eigenvalue weighted by molar-refractivity contribution is -0.137. The average Bonchev–Trinajstić information content (AvgIpc) is 3.29. The number of amides is 2. The predicted molar refractivity (Wildman–Crippen MR) is 113 cm³/mol. The highest BCUT2D eigenvalue weighted by molar-refractivity contribution is 6.36. The second kappa shape index (κ2) is 7.26. The van der Waals surface area contributed by atoms with Crippen molar-refractivity contribution >= 4 is 23.1 Å². The molecule has 0 radical (unpaired) electrons. The van der Waals surface area contributed by atoms with Gasteiger partial charge in [0.15, 0.2) is 0 Å². The highest BCUT2D eigenvalue weighted by Gasteiger charge is 2.43. The summed E-state index contributed by atoms with van der Waals surface area (Å²) in [6, 6.07) is 23.1. The van der Waals surface area contributed by atoms with Crippen molar-refractivity contribution in [1.29, 1.82) is 0 Å². The number of rotatable bonds is 4. The first-order chi connectivity index (χ1) is 14.6. The molecule has 0 atom stereocenters. The van der Waals surface area contributed by atoms with E-state index in [9.17, 15) is 14.0 Å². The molecule has 148 valence electrons. The number of para-hydroxylation sites is 1. The number of hydrogen-bond acceptors (Lipinski definition) is 3. The van der Waals surface area contributed by atoms with Gasteiger partial charge >= 0.3 is 0 Å². The van der Waals surface area contributed by atoms with Crippen molar-refractivity contribution in [1.82, 2.24) is 4.90 Å². The molecule has 0 aliphatic carbocycles. The lowest BCUT2D eigenvalue weighted by Crippen LogP contribution is -2.34. The van der Waals surface area contributed by atoms with E-state index in [0.29, 0.717) is 23.4 Å². The summed E-state index contributed by atoms with van der Waals surface area (Å²) >= 11 is 0. The topological polar surface area (TPSA) is 40.6 Å². The number of anilines is 1. The Morgan fingerprint density at radius 1 is 0.800 bits per heavy atom. The summed E-state index contributed by atoms with van der Waals surface area (Å²) in [5.74, 6) is -1.06. The minimum atomic E-state index is -0.384. The molecule has 30 heavy (non-hydrogen) atoms. The zero-order valence-electron chi connectivity index (χ0n) is 16.2. The van der Waals surface area contributed by atoms with Crippen LogP contribution >= 0.6 is 0 Å². The zero-order valence-corrected chi connectivity index (χ0v) is 16.2. The van der Waals surface area contributed by atoms with E-state index in [1.165, 1.54) is 17.0 Å². The Morgan fingerprint density at radius 3 is 2.27 bits per heavy atom. The normalized spacial score (nSPS) is 15.9. The van der Waals surface area contributed by atoms with E-state index < -0.39 is 0 Å². The fourth-order valence-electron chi connectivity index (χ4n) is 4.17. The second-order valence-corrected chi connectivity index (χ2v) is 7.44. The van der Waals surface area contributed by atoms with Crippen LogP contribution in [0.1, 0.15) is 16.7 Å². The zero-order chi connectivity index (χ0) is 20.7. The van der Waals surface area contributed by atoms with Crippen LogP contribution in [-0.2, 0) is 22.6 Å². The largest absolute Gasteiger partial charge is 0.336 e. The lowest BCUT2D eigenvalue weighted by atomic mass is 10.0. The molecule has 0 fully saturated rings. The third-order valence-corrected chi connectivity index (χ3v) is 5.62. The molecule has 0 spiro atoms. The second-order valence-electron chi connectivity index (χ2n) is 7.44. The molecule has 0 aromatic heterocycles. The molecule has 0 saturated carbocycles. The Kier molecular flexibility index (Phi) is 4.43. The third-order valence-electron chi connectivity index (χ3n) is 5.62. The summed E-state index contributed by atoms with van der Waals surface area (Å²) in [4.78, 5) is 30.1. The Balaban J connectivity index is 1.62. The smallest absolute Gasteiger partial charge is 0.278 e. The van der Waals surface area contributed by atoms with Crippen LogP contribution in [0, 0.1) is 5.82 Å². The van der Waals surface area contributed by atoms with Gasteiger partial charge in [0.2, 0.25) is 0 Å². The standard InChI is InChI=1S/C25H19FN2O2/c26-20-12-10-19(11-13-20)22-23(27-15-14-18-8-4-5-9-21(18)27)25(30)28(24(22)29)16-17-6-2-1-3-7-17/h1-13H,14-16H2. The first-order valence-electron chi connectivity index (χ1n) is 9.89. The summed E-state index contributed by atoms with van der Waals surface area (Å²) < 4.78 is 13.5. The first kappa shape index (κ1) is 18.3. The van der Waals surface area contributed by atoms with E-state index in [4.69, 9.17) is 0 Å². The summed E-state index contributed by atoms with van der Waals surface area (Å²) in [5, 5.41) is 0. The molecule has 2 amide bonds. The van der Waals surface area contributed by atoms with E-state index in [1.54, 1.807) is 12.1 Å². The summed E-state index contributed by atoms with van der Waals surface area (Å²) in [5.41, 5.74) is 4.20. The van der Waals surface area contributed by atoms with Gasteiger partial charge in [0, 0.05) is 12.2 Å². The maximum atomic E-state index is 13.5. The molecular weight excluding hydrogens is 379 g/mol. The van der Waals surface area contributed by atoms with E-state index >= 15 is 0 Å². The van der Waals surface area contributed by atoms with Crippen LogP contribution in [0.4, 0.5) is 10.1 Å².